The zero-order chi connectivity index (χ0) is 10.4. The first-order valence-corrected chi connectivity index (χ1v) is 5.41. The van der Waals surface area contributed by atoms with Gasteiger partial charge in [0.2, 0.25) is 0 Å². The molecule has 0 bridgehead atoms. The van der Waals surface area contributed by atoms with Crippen molar-refractivity contribution in [3.05, 3.63) is 0 Å². The lowest BCUT2D eigenvalue weighted by atomic mass is 9.74. The van der Waals surface area contributed by atoms with Gasteiger partial charge < -0.3 is 9.47 Å². The predicted molar refractivity (Wildman–Crippen MR) is 54.0 cm³/mol. The van der Waals surface area contributed by atoms with E-state index in [-0.39, 0.29) is 11.4 Å². The molecular formula is C11H20O3. The van der Waals surface area contributed by atoms with Gasteiger partial charge in [0.15, 0.2) is 0 Å². The van der Waals surface area contributed by atoms with Crippen LogP contribution in [0.15, 0.2) is 0 Å². The molecule has 1 aliphatic carbocycles. The summed E-state index contributed by atoms with van der Waals surface area (Å²) in [6, 6.07) is 0. The minimum Gasteiger partial charge on any atom is -0.465 e. The molecule has 1 rings (SSSR count). The molecule has 3 nitrogen and oxygen atoms in total. The lowest BCUT2D eigenvalue weighted by Crippen LogP contribution is -2.39. The van der Waals surface area contributed by atoms with Gasteiger partial charge in [-0.2, -0.15) is 0 Å². The van der Waals surface area contributed by atoms with Crippen molar-refractivity contribution in [1.82, 2.24) is 0 Å². The third kappa shape index (κ3) is 2.47. The Bertz CT molecular complexity index is 177. The van der Waals surface area contributed by atoms with Gasteiger partial charge in [-0.1, -0.05) is 19.3 Å². The number of rotatable bonds is 4. The number of methoxy groups -OCH3 is 1. The maximum atomic E-state index is 11.8. The smallest absolute Gasteiger partial charge is 0.314 e. The van der Waals surface area contributed by atoms with E-state index >= 15 is 0 Å². The summed E-state index contributed by atoms with van der Waals surface area (Å²) >= 11 is 0. The van der Waals surface area contributed by atoms with E-state index in [0.717, 1.165) is 25.7 Å². The minimum absolute atomic E-state index is 0.0680. The molecule has 82 valence electrons. The molecule has 1 aliphatic rings. The molecule has 0 aromatic heterocycles. The van der Waals surface area contributed by atoms with Crippen molar-refractivity contribution >= 4 is 5.97 Å². The number of carbonyl (C=O) groups excluding carboxylic acids is 1. The first-order chi connectivity index (χ1) is 6.75. The van der Waals surface area contributed by atoms with E-state index < -0.39 is 0 Å². The molecule has 0 aromatic carbocycles. The maximum Gasteiger partial charge on any atom is 0.314 e. The summed E-state index contributed by atoms with van der Waals surface area (Å²) in [5.74, 6) is -0.0680. The number of hydrogen-bond acceptors (Lipinski definition) is 3. The first-order valence-electron chi connectivity index (χ1n) is 5.41. The molecular weight excluding hydrogens is 180 g/mol. The van der Waals surface area contributed by atoms with E-state index in [1.807, 2.05) is 6.92 Å². The Kier molecular flexibility index (Phi) is 4.39. The highest BCUT2D eigenvalue weighted by atomic mass is 16.5. The van der Waals surface area contributed by atoms with Crippen molar-refractivity contribution in [1.29, 1.82) is 0 Å². The van der Waals surface area contributed by atoms with Gasteiger partial charge in [0, 0.05) is 7.11 Å². The number of ether oxygens (including phenoxy) is 2. The number of hydrogen-bond donors (Lipinski definition) is 0. The largest absolute Gasteiger partial charge is 0.465 e. The molecule has 0 atom stereocenters. The molecule has 0 aromatic rings. The van der Waals surface area contributed by atoms with Crippen LogP contribution in [0.4, 0.5) is 0 Å². The second kappa shape index (κ2) is 5.35. The van der Waals surface area contributed by atoms with Gasteiger partial charge in [0.1, 0.15) is 0 Å². The molecule has 0 radical (unpaired) electrons. The molecule has 0 spiro atoms. The second-order valence-corrected chi connectivity index (χ2v) is 3.99. The molecule has 0 N–H and O–H groups in total. The van der Waals surface area contributed by atoms with Gasteiger partial charge in [-0.25, -0.2) is 0 Å². The van der Waals surface area contributed by atoms with E-state index in [1.165, 1.54) is 6.42 Å². The number of esters is 1. The van der Waals surface area contributed by atoms with Crippen LogP contribution in [-0.2, 0) is 14.3 Å². The van der Waals surface area contributed by atoms with Gasteiger partial charge in [-0.05, 0) is 19.8 Å². The van der Waals surface area contributed by atoms with Crippen molar-refractivity contribution in [2.45, 2.75) is 39.0 Å². The van der Waals surface area contributed by atoms with Crippen molar-refractivity contribution in [3.63, 3.8) is 0 Å². The summed E-state index contributed by atoms with van der Waals surface area (Å²) in [4.78, 5) is 11.8. The van der Waals surface area contributed by atoms with Crippen LogP contribution in [-0.4, -0.2) is 26.3 Å². The summed E-state index contributed by atoms with van der Waals surface area (Å²) in [5, 5.41) is 0. The summed E-state index contributed by atoms with van der Waals surface area (Å²) in [6.45, 7) is 2.82. The zero-order valence-corrected chi connectivity index (χ0v) is 9.17. The van der Waals surface area contributed by atoms with Crippen molar-refractivity contribution in [2.75, 3.05) is 20.3 Å². The highest BCUT2D eigenvalue weighted by molar-refractivity contribution is 5.77. The third-order valence-corrected chi connectivity index (χ3v) is 2.94. The lowest BCUT2D eigenvalue weighted by Gasteiger charge is -2.33. The quantitative estimate of drug-likeness (QED) is 0.652. The second-order valence-electron chi connectivity index (χ2n) is 3.99. The van der Waals surface area contributed by atoms with Gasteiger partial charge in [-0.15, -0.1) is 0 Å². The van der Waals surface area contributed by atoms with Crippen molar-refractivity contribution in [3.8, 4) is 0 Å². The van der Waals surface area contributed by atoms with E-state index in [4.69, 9.17) is 9.47 Å². The predicted octanol–water partition coefficient (Wildman–Crippen LogP) is 2.15. The minimum atomic E-state index is -0.344. The van der Waals surface area contributed by atoms with Gasteiger partial charge in [0.25, 0.3) is 0 Å². The average Bonchev–Trinajstić information content (AvgIpc) is 2.20. The number of carbonyl (C=O) groups is 1. The van der Waals surface area contributed by atoms with Crippen LogP contribution in [0.1, 0.15) is 39.0 Å². The molecule has 3 heteroatoms. The Hall–Kier alpha value is -0.570. The van der Waals surface area contributed by atoms with E-state index in [1.54, 1.807) is 7.11 Å². The van der Waals surface area contributed by atoms with Crippen LogP contribution >= 0.6 is 0 Å². The molecule has 0 aliphatic heterocycles. The fourth-order valence-corrected chi connectivity index (χ4v) is 2.20. The van der Waals surface area contributed by atoms with Crippen LogP contribution in [0, 0.1) is 5.41 Å². The van der Waals surface area contributed by atoms with E-state index in [2.05, 4.69) is 0 Å². The fraction of sp³-hybridized carbons (Fsp3) is 0.909. The fourth-order valence-electron chi connectivity index (χ4n) is 2.20. The van der Waals surface area contributed by atoms with Crippen molar-refractivity contribution in [2.24, 2.45) is 5.41 Å². The first kappa shape index (κ1) is 11.5. The van der Waals surface area contributed by atoms with Gasteiger partial charge >= 0.3 is 5.97 Å². The summed E-state index contributed by atoms with van der Waals surface area (Å²) in [6.07, 6.45) is 5.29. The highest BCUT2D eigenvalue weighted by Gasteiger charge is 2.40. The third-order valence-electron chi connectivity index (χ3n) is 2.94. The molecule has 0 unspecified atom stereocenters. The molecule has 1 fully saturated rings. The Morgan fingerprint density at radius 3 is 2.43 bits per heavy atom. The average molecular weight is 200 g/mol. The SMILES string of the molecule is CCOC(=O)C1(COC)CCCCC1. The standard InChI is InChI=1S/C11H20O3/c1-3-14-10(12)11(9-13-2)7-5-4-6-8-11/h3-9H2,1-2H3. The normalized spacial score (nSPS) is 20.4. The zero-order valence-electron chi connectivity index (χ0n) is 9.17. The van der Waals surface area contributed by atoms with Crippen LogP contribution in [0.2, 0.25) is 0 Å². The molecule has 0 amide bonds. The maximum absolute atomic E-state index is 11.8. The van der Waals surface area contributed by atoms with E-state index in [0.29, 0.717) is 13.2 Å². The van der Waals surface area contributed by atoms with Crippen molar-refractivity contribution < 1.29 is 14.3 Å². The Morgan fingerprint density at radius 1 is 1.29 bits per heavy atom. The molecule has 0 heterocycles. The highest BCUT2D eigenvalue weighted by Crippen LogP contribution is 2.37. The Labute approximate surface area is 85.8 Å². The molecule has 1 saturated carbocycles. The molecule has 0 saturated heterocycles. The monoisotopic (exact) mass is 200 g/mol. The Morgan fingerprint density at radius 2 is 1.93 bits per heavy atom. The summed E-state index contributed by atoms with van der Waals surface area (Å²) in [5.41, 5.74) is -0.344. The van der Waals surface area contributed by atoms with Crippen LogP contribution in [0.25, 0.3) is 0 Å². The topological polar surface area (TPSA) is 35.5 Å². The Balaban J connectivity index is 2.63. The van der Waals surface area contributed by atoms with Gasteiger partial charge in [0.05, 0.1) is 18.6 Å². The summed E-state index contributed by atoms with van der Waals surface area (Å²) < 4.78 is 10.3. The van der Waals surface area contributed by atoms with Crippen LogP contribution in [0.3, 0.4) is 0 Å². The lowest BCUT2D eigenvalue weighted by molar-refractivity contribution is -0.161. The van der Waals surface area contributed by atoms with Crippen LogP contribution < -0.4 is 0 Å². The summed E-state index contributed by atoms with van der Waals surface area (Å²) in [7, 11) is 1.65. The van der Waals surface area contributed by atoms with E-state index in [9.17, 15) is 4.79 Å². The molecule has 14 heavy (non-hydrogen) atoms. The van der Waals surface area contributed by atoms with Crippen LogP contribution in [0.5, 0.6) is 0 Å². The van der Waals surface area contributed by atoms with Gasteiger partial charge in [-0.3, -0.25) is 4.79 Å².